The minimum Gasteiger partial charge on any atom is -0.493 e. The molecule has 3 aromatic rings. The number of H-pyrrole nitrogens is 1. The van der Waals surface area contributed by atoms with Crippen molar-refractivity contribution in [1.29, 1.82) is 0 Å². The average Bonchev–Trinajstić information content (AvgIpc) is 2.91. The molecule has 1 saturated carbocycles. The predicted molar refractivity (Wildman–Crippen MR) is 143 cm³/mol. The molecule has 0 saturated heterocycles. The molecule has 1 aliphatic rings. The zero-order chi connectivity index (χ0) is 25.5. The number of pyridine rings is 1. The second kappa shape index (κ2) is 12.0. The lowest BCUT2D eigenvalue weighted by Gasteiger charge is -2.28. The Balaban J connectivity index is 1.57. The summed E-state index contributed by atoms with van der Waals surface area (Å²) >= 11 is 0. The molecule has 0 spiro atoms. The van der Waals surface area contributed by atoms with Crippen LogP contribution in [-0.4, -0.2) is 42.7 Å². The summed E-state index contributed by atoms with van der Waals surface area (Å²) in [6, 6.07) is 13.9. The molecule has 2 amide bonds. The van der Waals surface area contributed by atoms with E-state index in [1.807, 2.05) is 36.4 Å². The van der Waals surface area contributed by atoms with E-state index in [0.717, 1.165) is 48.6 Å². The molecule has 1 fully saturated rings. The summed E-state index contributed by atoms with van der Waals surface area (Å²) in [5, 5.41) is 4.20. The number of carbonyl (C=O) groups is 1. The Kier molecular flexibility index (Phi) is 8.52. The topological polar surface area (TPSA) is 83.7 Å². The van der Waals surface area contributed by atoms with Crippen LogP contribution in [0.2, 0.25) is 0 Å². The molecule has 7 nitrogen and oxygen atoms in total. The van der Waals surface area contributed by atoms with E-state index >= 15 is 0 Å². The first-order valence-corrected chi connectivity index (χ1v) is 12.9. The fourth-order valence-electron chi connectivity index (χ4n) is 4.91. The third-order valence-electron chi connectivity index (χ3n) is 7.09. The molecule has 0 bridgehead atoms. The highest BCUT2D eigenvalue weighted by Crippen LogP contribution is 2.28. The summed E-state index contributed by atoms with van der Waals surface area (Å²) in [6.07, 6.45) is 7.07. The lowest BCUT2D eigenvalue weighted by Crippen LogP contribution is -2.46. The number of carbonyl (C=O) groups excluding carboxylic acids is 1. The standard InChI is InChI=1S/C29H37N3O4/c1-4-20-10-12-25-22(16-20)18-23(28(33)31-25)19-32(29(34)30-24-8-6-5-7-9-24)15-14-21-11-13-26(35-2)27(17-21)36-3/h10-13,16-18,24H,4-9,14-15,19H2,1-3H3,(H,30,34)(H,31,33). The number of nitrogens with zero attached hydrogens (tertiary/aromatic N) is 1. The van der Waals surface area contributed by atoms with Crippen LogP contribution in [0, 0.1) is 0 Å². The Morgan fingerprint density at radius 2 is 1.75 bits per heavy atom. The van der Waals surface area contributed by atoms with Crippen LogP contribution in [0.5, 0.6) is 11.5 Å². The van der Waals surface area contributed by atoms with Gasteiger partial charge in [-0.2, -0.15) is 0 Å². The molecule has 1 heterocycles. The van der Waals surface area contributed by atoms with E-state index in [9.17, 15) is 9.59 Å². The number of nitrogens with one attached hydrogen (secondary N) is 2. The number of urea groups is 1. The fraction of sp³-hybridized carbons (Fsp3) is 0.448. The van der Waals surface area contributed by atoms with Gasteiger partial charge in [-0.25, -0.2) is 4.79 Å². The number of hydrogen-bond acceptors (Lipinski definition) is 4. The van der Waals surface area contributed by atoms with Gasteiger partial charge in [-0.1, -0.05) is 38.3 Å². The van der Waals surface area contributed by atoms with Crippen molar-refractivity contribution >= 4 is 16.9 Å². The Bertz CT molecular complexity index is 1250. The number of ether oxygens (including phenoxy) is 2. The summed E-state index contributed by atoms with van der Waals surface area (Å²) in [6.45, 7) is 2.83. The van der Waals surface area contributed by atoms with Crippen LogP contribution in [-0.2, 0) is 19.4 Å². The zero-order valence-corrected chi connectivity index (χ0v) is 21.6. The molecule has 0 aliphatic heterocycles. The molecular weight excluding hydrogens is 454 g/mol. The molecule has 0 atom stereocenters. The van der Waals surface area contributed by atoms with Gasteiger partial charge in [0.1, 0.15) is 0 Å². The van der Waals surface area contributed by atoms with Gasteiger partial charge in [-0.15, -0.1) is 0 Å². The average molecular weight is 492 g/mol. The Hall–Kier alpha value is -3.48. The molecule has 2 aromatic carbocycles. The summed E-state index contributed by atoms with van der Waals surface area (Å²) in [7, 11) is 3.22. The van der Waals surface area contributed by atoms with E-state index < -0.39 is 0 Å². The van der Waals surface area contributed by atoms with Crippen molar-refractivity contribution in [1.82, 2.24) is 15.2 Å². The number of aromatic amines is 1. The second-order valence-electron chi connectivity index (χ2n) is 9.54. The number of methoxy groups -OCH3 is 2. The van der Waals surface area contributed by atoms with Gasteiger partial charge >= 0.3 is 6.03 Å². The molecule has 0 unspecified atom stereocenters. The number of fused-ring (bicyclic) bond motifs is 1. The van der Waals surface area contributed by atoms with Crippen molar-refractivity contribution in [3.8, 4) is 11.5 Å². The highest BCUT2D eigenvalue weighted by atomic mass is 16.5. The molecule has 1 aliphatic carbocycles. The maximum atomic E-state index is 13.4. The van der Waals surface area contributed by atoms with Crippen LogP contribution in [0.15, 0.2) is 47.3 Å². The zero-order valence-electron chi connectivity index (χ0n) is 21.6. The van der Waals surface area contributed by atoms with Crippen LogP contribution >= 0.6 is 0 Å². The SMILES string of the molecule is CCc1ccc2[nH]c(=O)c(CN(CCc3ccc(OC)c(OC)c3)C(=O)NC3CCCCC3)cc2c1. The van der Waals surface area contributed by atoms with Gasteiger partial charge in [-0.05, 0) is 72.5 Å². The summed E-state index contributed by atoms with van der Waals surface area (Å²) in [4.78, 5) is 31.1. The Morgan fingerprint density at radius 1 is 1.00 bits per heavy atom. The molecule has 2 N–H and O–H groups in total. The van der Waals surface area contributed by atoms with E-state index in [2.05, 4.69) is 23.3 Å². The van der Waals surface area contributed by atoms with Gasteiger partial charge in [0.25, 0.3) is 5.56 Å². The lowest BCUT2D eigenvalue weighted by molar-refractivity contribution is 0.187. The van der Waals surface area contributed by atoms with Gasteiger partial charge in [0.2, 0.25) is 0 Å². The largest absolute Gasteiger partial charge is 0.493 e. The third-order valence-corrected chi connectivity index (χ3v) is 7.09. The molecular formula is C29H37N3O4. The third kappa shape index (κ3) is 6.20. The second-order valence-corrected chi connectivity index (χ2v) is 9.54. The summed E-state index contributed by atoms with van der Waals surface area (Å²) < 4.78 is 10.8. The van der Waals surface area contributed by atoms with Crippen LogP contribution in [0.3, 0.4) is 0 Å². The van der Waals surface area contributed by atoms with Crippen LogP contribution in [0.1, 0.15) is 55.7 Å². The predicted octanol–water partition coefficient (Wildman–Crippen LogP) is 5.19. The minimum absolute atomic E-state index is 0.121. The smallest absolute Gasteiger partial charge is 0.317 e. The molecule has 4 rings (SSSR count). The first-order valence-electron chi connectivity index (χ1n) is 12.9. The summed E-state index contributed by atoms with van der Waals surface area (Å²) in [5.74, 6) is 1.33. The van der Waals surface area contributed by atoms with Gasteiger partial charge in [0.05, 0.1) is 20.8 Å². The molecule has 1 aromatic heterocycles. The van der Waals surface area contributed by atoms with Gasteiger partial charge in [-0.3, -0.25) is 4.79 Å². The Morgan fingerprint density at radius 3 is 2.47 bits per heavy atom. The number of amides is 2. The van der Waals surface area contributed by atoms with Crippen LogP contribution in [0.4, 0.5) is 4.79 Å². The quantitative estimate of drug-likeness (QED) is 0.431. The van der Waals surface area contributed by atoms with Crippen LogP contribution in [0.25, 0.3) is 10.9 Å². The van der Waals surface area contributed by atoms with E-state index in [4.69, 9.17) is 9.47 Å². The molecule has 0 radical (unpaired) electrons. The molecule has 192 valence electrons. The highest BCUT2D eigenvalue weighted by molar-refractivity contribution is 5.80. The highest BCUT2D eigenvalue weighted by Gasteiger charge is 2.21. The van der Waals surface area contributed by atoms with Gasteiger partial charge < -0.3 is 24.7 Å². The van der Waals surface area contributed by atoms with E-state index in [1.54, 1.807) is 19.1 Å². The van der Waals surface area contributed by atoms with Crippen molar-refractivity contribution in [3.63, 3.8) is 0 Å². The van der Waals surface area contributed by atoms with E-state index in [0.29, 0.717) is 30.0 Å². The minimum atomic E-state index is -0.159. The van der Waals surface area contributed by atoms with Crippen molar-refractivity contribution in [2.45, 2.75) is 64.5 Å². The Labute approximate surface area is 212 Å². The first kappa shape index (κ1) is 25.6. The van der Waals surface area contributed by atoms with Gasteiger partial charge in [0.15, 0.2) is 11.5 Å². The van der Waals surface area contributed by atoms with E-state index in [-0.39, 0.29) is 24.2 Å². The fourth-order valence-corrected chi connectivity index (χ4v) is 4.91. The lowest BCUT2D eigenvalue weighted by atomic mass is 9.96. The van der Waals surface area contributed by atoms with Crippen molar-refractivity contribution < 1.29 is 14.3 Å². The maximum Gasteiger partial charge on any atom is 0.317 e. The first-order chi connectivity index (χ1) is 17.5. The van der Waals surface area contributed by atoms with E-state index in [1.165, 1.54) is 12.0 Å². The summed E-state index contributed by atoms with van der Waals surface area (Å²) in [5.41, 5.74) is 3.48. The number of aryl methyl sites for hydroxylation is 1. The molecule has 7 heteroatoms. The maximum absolute atomic E-state index is 13.4. The van der Waals surface area contributed by atoms with Gasteiger partial charge in [0, 0.05) is 23.7 Å². The number of hydrogen-bond donors (Lipinski definition) is 2. The normalized spacial score (nSPS) is 14.0. The monoisotopic (exact) mass is 491 g/mol. The van der Waals surface area contributed by atoms with Crippen LogP contribution < -0.4 is 20.3 Å². The van der Waals surface area contributed by atoms with Crippen molar-refractivity contribution in [3.05, 3.63) is 69.5 Å². The number of aromatic nitrogens is 1. The van der Waals surface area contributed by atoms with Crippen molar-refractivity contribution in [2.24, 2.45) is 0 Å². The number of benzene rings is 2. The number of rotatable bonds is 9. The van der Waals surface area contributed by atoms with Crippen molar-refractivity contribution in [2.75, 3.05) is 20.8 Å². The molecule has 36 heavy (non-hydrogen) atoms.